The molecule has 29 heavy (non-hydrogen) atoms. The molecule has 1 fully saturated rings. The molecule has 0 saturated carbocycles. The van der Waals surface area contributed by atoms with Gasteiger partial charge in [-0.15, -0.1) is 12.4 Å². The molecule has 0 bridgehead atoms. The van der Waals surface area contributed by atoms with Gasteiger partial charge in [0.2, 0.25) is 0 Å². The Morgan fingerprint density at radius 2 is 1.66 bits per heavy atom. The topological polar surface area (TPSA) is 59.7 Å². The highest BCUT2D eigenvalue weighted by molar-refractivity contribution is 6.42. The summed E-state index contributed by atoms with van der Waals surface area (Å²) < 4.78 is 8.37. The summed E-state index contributed by atoms with van der Waals surface area (Å²) in [5.74, 6) is 1.39. The van der Waals surface area contributed by atoms with Gasteiger partial charge in [0.25, 0.3) is 5.56 Å². The molecule has 1 aromatic carbocycles. The molecule has 1 aromatic heterocycles. The molecule has 3 rings (SSSR count). The number of rotatable bonds is 6. The van der Waals surface area contributed by atoms with E-state index < -0.39 is 0 Å². The fourth-order valence-corrected chi connectivity index (χ4v) is 3.56. The Balaban J connectivity index is 0.00000300. The van der Waals surface area contributed by atoms with Crippen molar-refractivity contribution in [1.82, 2.24) is 14.0 Å². The van der Waals surface area contributed by atoms with E-state index in [-0.39, 0.29) is 23.7 Å². The molecule has 0 aliphatic carbocycles. The average Bonchev–Trinajstić information content (AvgIpc) is 2.69. The highest BCUT2D eigenvalue weighted by atomic mass is 35.5. The third kappa shape index (κ3) is 5.69. The van der Waals surface area contributed by atoms with E-state index in [0.29, 0.717) is 28.2 Å². The van der Waals surface area contributed by atoms with Gasteiger partial charge in [0.05, 0.1) is 16.7 Å². The molecular weight excluding hydrogens is 439 g/mol. The third-order valence-corrected chi connectivity index (χ3v) is 5.71. The van der Waals surface area contributed by atoms with Gasteiger partial charge in [0.1, 0.15) is 11.6 Å². The molecule has 2 heterocycles. The molecule has 1 aliphatic heterocycles. The van der Waals surface area contributed by atoms with Crippen LogP contribution in [0.25, 0.3) is 0 Å². The number of anilines is 1. The SMILES string of the molecule is Cl.Cn1c(N2CCN(CCCOc3ccc(Cl)c(Cl)c3)CC2)cc(=O)n(C)c1=O. The van der Waals surface area contributed by atoms with Gasteiger partial charge in [-0.05, 0) is 18.6 Å². The summed E-state index contributed by atoms with van der Waals surface area (Å²) in [6, 6.07) is 6.78. The summed E-state index contributed by atoms with van der Waals surface area (Å²) in [6.07, 6.45) is 0.893. The first-order valence-corrected chi connectivity index (χ1v) is 9.94. The van der Waals surface area contributed by atoms with Crippen molar-refractivity contribution in [1.29, 1.82) is 0 Å². The predicted molar refractivity (Wildman–Crippen MR) is 119 cm³/mol. The van der Waals surface area contributed by atoms with E-state index in [1.165, 1.54) is 17.7 Å². The largest absolute Gasteiger partial charge is 0.493 e. The standard InChI is InChI=1S/C19H24Cl2N4O3.ClH/c1-22-17(13-18(26)23(2)19(22)27)25-9-7-24(8-10-25)6-3-11-28-14-4-5-15(20)16(21)12-14;/h4-5,12-13H,3,6-11H2,1-2H3;1H. The maximum Gasteiger partial charge on any atom is 0.332 e. The summed E-state index contributed by atoms with van der Waals surface area (Å²) in [5.41, 5.74) is -0.579. The van der Waals surface area contributed by atoms with Crippen molar-refractivity contribution in [3.05, 3.63) is 55.1 Å². The van der Waals surface area contributed by atoms with Crippen LogP contribution < -0.4 is 20.9 Å². The Morgan fingerprint density at radius 3 is 2.31 bits per heavy atom. The number of ether oxygens (including phenoxy) is 1. The summed E-state index contributed by atoms with van der Waals surface area (Å²) in [5, 5.41) is 1.00. The van der Waals surface area contributed by atoms with Crippen molar-refractivity contribution in [3.8, 4) is 5.75 Å². The maximum atomic E-state index is 12.1. The van der Waals surface area contributed by atoms with Crippen LogP contribution in [0.2, 0.25) is 10.0 Å². The van der Waals surface area contributed by atoms with Crippen LogP contribution in [0.5, 0.6) is 5.75 Å². The Morgan fingerprint density at radius 1 is 0.966 bits per heavy atom. The Bertz CT molecular complexity index is 953. The molecular formula is C19H25Cl3N4O3. The van der Waals surface area contributed by atoms with E-state index in [1.54, 1.807) is 25.2 Å². The first-order chi connectivity index (χ1) is 13.4. The summed E-state index contributed by atoms with van der Waals surface area (Å²) in [6.45, 7) is 4.81. The summed E-state index contributed by atoms with van der Waals surface area (Å²) in [7, 11) is 3.19. The molecule has 0 N–H and O–H groups in total. The number of aromatic nitrogens is 2. The van der Waals surface area contributed by atoms with Gasteiger partial charge in [0, 0.05) is 59.0 Å². The van der Waals surface area contributed by atoms with E-state index >= 15 is 0 Å². The second-order valence-electron chi connectivity index (χ2n) is 6.85. The van der Waals surface area contributed by atoms with E-state index in [9.17, 15) is 9.59 Å². The normalized spacial score (nSPS) is 14.6. The average molecular weight is 464 g/mol. The van der Waals surface area contributed by atoms with Crippen molar-refractivity contribution < 1.29 is 4.74 Å². The van der Waals surface area contributed by atoms with E-state index in [0.717, 1.165) is 43.7 Å². The zero-order chi connectivity index (χ0) is 20.3. The van der Waals surface area contributed by atoms with Gasteiger partial charge < -0.3 is 9.64 Å². The highest BCUT2D eigenvalue weighted by Crippen LogP contribution is 2.26. The minimum absolute atomic E-state index is 0. The van der Waals surface area contributed by atoms with Crippen LogP contribution in [0, 0.1) is 0 Å². The van der Waals surface area contributed by atoms with Gasteiger partial charge in [-0.1, -0.05) is 23.2 Å². The monoisotopic (exact) mass is 462 g/mol. The lowest BCUT2D eigenvalue weighted by atomic mass is 10.3. The lowest BCUT2D eigenvalue weighted by Gasteiger charge is -2.36. The van der Waals surface area contributed by atoms with Gasteiger partial charge in [-0.2, -0.15) is 0 Å². The van der Waals surface area contributed by atoms with Crippen LogP contribution >= 0.6 is 35.6 Å². The zero-order valence-electron chi connectivity index (χ0n) is 16.4. The van der Waals surface area contributed by atoms with Crippen LogP contribution in [0.1, 0.15) is 6.42 Å². The molecule has 0 spiro atoms. The third-order valence-electron chi connectivity index (χ3n) is 4.98. The van der Waals surface area contributed by atoms with Crippen LogP contribution in [-0.4, -0.2) is 53.4 Å². The van der Waals surface area contributed by atoms with Crippen LogP contribution in [0.15, 0.2) is 33.9 Å². The van der Waals surface area contributed by atoms with Gasteiger partial charge in [-0.3, -0.25) is 18.8 Å². The minimum atomic E-state index is -0.301. The molecule has 7 nitrogen and oxygen atoms in total. The first-order valence-electron chi connectivity index (χ1n) is 9.19. The highest BCUT2D eigenvalue weighted by Gasteiger charge is 2.20. The molecule has 0 atom stereocenters. The van der Waals surface area contributed by atoms with E-state index in [4.69, 9.17) is 27.9 Å². The molecule has 0 amide bonds. The molecule has 160 valence electrons. The fraction of sp³-hybridized carbons (Fsp3) is 0.474. The Labute approximate surface area is 185 Å². The van der Waals surface area contributed by atoms with Crippen molar-refractivity contribution in [2.45, 2.75) is 6.42 Å². The van der Waals surface area contributed by atoms with Gasteiger partial charge in [0.15, 0.2) is 0 Å². The second-order valence-corrected chi connectivity index (χ2v) is 7.66. The fourth-order valence-electron chi connectivity index (χ4n) is 3.27. The number of benzene rings is 1. The number of hydrogen-bond acceptors (Lipinski definition) is 5. The number of nitrogens with zero attached hydrogens (tertiary/aromatic N) is 4. The molecule has 0 unspecified atom stereocenters. The van der Waals surface area contributed by atoms with Crippen molar-refractivity contribution in [2.75, 3.05) is 44.2 Å². The molecule has 2 aromatic rings. The molecule has 10 heteroatoms. The maximum absolute atomic E-state index is 12.1. The second kappa shape index (κ2) is 10.4. The molecule has 0 radical (unpaired) electrons. The Kier molecular flexibility index (Phi) is 8.46. The summed E-state index contributed by atoms with van der Waals surface area (Å²) in [4.78, 5) is 28.5. The zero-order valence-corrected chi connectivity index (χ0v) is 18.8. The van der Waals surface area contributed by atoms with E-state index in [2.05, 4.69) is 9.80 Å². The number of halogens is 3. The minimum Gasteiger partial charge on any atom is -0.493 e. The Hall–Kier alpha value is -1.67. The lowest BCUT2D eigenvalue weighted by molar-refractivity contribution is 0.224. The van der Waals surface area contributed by atoms with Crippen LogP contribution in [-0.2, 0) is 14.1 Å². The quantitative estimate of drug-likeness (QED) is 0.616. The smallest absolute Gasteiger partial charge is 0.332 e. The van der Waals surface area contributed by atoms with Crippen molar-refractivity contribution >= 4 is 41.4 Å². The molecule has 1 aliphatic rings. The van der Waals surface area contributed by atoms with Gasteiger partial charge in [-0.25, -0.2) is 4.79 Å². The molecule has 1 saturated heterocycles. The van der Waals surface area contributed by atoms with Crippen LogP contribution in [0.3, 0.4) is 0 Å². The van der Waals surface area contributed by atoms with E-state index in [1.807, 2.05) is 0 Å². The van der Waals surface area contributed by atoms with Crippen LogP contribution in [0.4, 0.5) is 5.82 Å². The first kappa shape index (κ1) is 23.6. The lowest BCUT2D eigenvalue weighted by Crippen LogP contribution is -2.49. The number of piperazine rings is 1. The summed E-state index contributed by atoms with van der Waals surface area (Å²) >= 11 is 11.9. The predicted octanol–water partition coefficient (Wildman–Crippen LogP) is 2.40. The van der Waals surface area contributed by atoms with Crippen molar-refractivity contribution in [3.63, 3.8) is 0 Å². The van der Waals surface area contributed by atoms with Crippen molar-refractivity contribution in [2.24, 2.45) is 14.1 Å². The number of hydrogen-bond donors (Lipinski definition) is 0. The van der Waals surface area contributed by atoms with Gasteiger partial charge >= 0.3 is 5.69 Å².